The third kappa shape index (κ3) is 3.74. The van der Waals surface area contributed by atoms with E-state index in [0.29, 0.717) is 26.1 Å². The molecule has 0 aromatic carbocycles. The molecule has 1 saturated heterocycles. The first-order valence-electron chi connectivity index (χ1n) is 7.73. The first-order chi connectivity index (χ1) is 10.1. The molecule has 2 fully saturated rings. The Labute approximate surface area is 126 Å². The molecule has 2 amide bonds. The molecule has 0 aromatic heterocycles. The zero-order valence-electron chi connectivity index (χ0n) is 13.0. The lowest BCUT2D eigenvalue weighted by Crippen LogP contribution is -2.59. The fourth-order valence-corrected chi connectivity index (χ4v) is 3.32. The summed E-state index contributed by atoms with van der Waals surface area (Å²) < 4.78 is 10.5. The Morgan fingerprint density at radius 2 is 1.95 bits per heavy atom. The minimum atomic E-state index is -0.683. The molecule has 1 unspecified atom stereocenters. The Morgan fingerprint density at radius 3 is 2.57 bits per heavy atom. The zero-order chi connectivity index (χ0) is 15.3. The summed E-state index contributed by atoms with van der Waals surface area (Å²) in [6, 6.07) is 0. The van der Waals surface area contributed by atoms with E-state index in [1.165, 1.54) is 0 Å². The summed E-state index contributed by atoms with van der Waals surface area (Å²) >= 11 is 0. The lowest BCUT2D eigenvalue weighted by Gasteiger charge is -2.38. The van der Waals surface area contributed by atoms with Crippen molar-refractivity contribution in [1.29, 1.82) is 0 Å². The standard InChI is InChI=1S/C15H26N2O4/c1-20-11-12(21-2)10-17-9-6-13(18)16-15(14(17)19)7-4-3-5-8-15/h12H,3-11H2,1-2H3,(H,16,18). The Kier molecular flexibility index (Phi) is 5.58. The monoisotopic (exact) mass is 298 g/mol. The summed E-state index contributed by atoms with van der Waals surface area (Å²) in [6.07, 6.45) is 4.81. The fraction of sp³-hybridized carbons (Fsp3) is 0.867. The van der Waals surface area contributed by atoms with E-state index in [1.54, 1.807) is 19.1 Å². The molecule has 0 bridgehead atoms. The van der Waals surface area contributed by atoms with Gasteiger partial charge in [-0.05, 0) is 12.8 Å². The lowest BCUT2D eigenvalue weighted by atomic mass is 9.80. The predicted molar refractivity (Wildman–Crippen MR) is 77.8 cm³/mol. The molecule has 1 N–H and O–H groups in total. The van der Waals surface area contributed by atoms with Gasteiger partial charge in [-0.15, -0.1) is 0 Å². The maximum atomic E-state index is 12.9. The smallest absolute Gasteiger partial charge is 0.248 e. The summed E-state index contributed by atoms with van der Waals surface area (Å²) in [5.74, 6) is 0.0275. The van der Waals surface area contributed by atoms with E-state index in [4.69, 9.17) is 9.47 Å². The quantitative estimate of drug-likeness (QED) is 0.811. The van der Waals surface area contributed by atoms with Gasteiger partial charge in [0.1, 0.15) is 5.54 Å². The molecule has 1 aliphatic heterocycles. The highest BCUT2D eigenvalue weighted by atomic mass is 16.5. The van der Waals surface area contributed by atoms with E-state index in [1.807, 2.05) is 0 Å². The third-order valence-corrected chi connectivity index (χ3v) is 4.50. The fourth-order valence-electron chi connectivity index (χ4n) is 3.32. The van der Waals surface area contributed by atoms with Crippen LogP contribution in [0.25, 0.3) is 0 Å². The van der Waals surface area contributed by atoms with Gasteiger partial charge in [-0.2, -0.15) is 0 Å². The number of hydrogen-bond acceptors (Lipinski definition) is 4. The number of amides is 2. The second-order valence-electron chi connectivity index (χ2n) is 6.01. The van der Waals surface area contributed by atoms with Crippen LogP contribution >= 0.6 is 0 Å². The van der Waals surface area contributed by atoms with Gasteiger partial charge < -0.3 is 19.7 Å². The molecule has 1 heterocycles. The Bertz CT molecular complexity index is 380. The molecule has 6 heteroatoms. The van der Waals surface area contributed by atoms with Crippen molar-refractivity contribution in [3.63, 3.8) is 0 Å². The van der Waals surface area contributed by atoms with Crippen LogP contribution in [0.5, 0.6) is 0 Å². The molecule has 21 heavy (non-hydrogen) atoms. The molecule has 2 rings (SSSR count). The first kappa shape index (κ1) is 16.2. The largest absolute Gasteiger partial charge is 0.382 e. The lowest BCUT2D eigenvalue weighted by molar-refractivity contribution is -0.142. The van der Waals surface area contributed by atoms with Gasteiger partial charge in [-0.25, -0.2) is 0 Å². The second kappa shape index (κ2) is 7.22. The van der Waals surface area contributed by atoms with Gasteiger partial charge in [-0.1, -0.05) is 19.3 Å². The number of nitrogens with zero attached hydrogens (tertiary/aromatic N) is 1. The number of carbonyl (C=O) groups excluding carboxylic acids is 2. The van der Waals surface area contributed by atoms with Crippen molar-refractivity contribution in [2.75, 3.05) is 33.9 Å². The highest BCUT2D eigenvalue weighted by molar-refractivity contribution is 5.93. The third-order valence-electron chi connectivity index (χ3n) is 4.50. The predicted octanol–water partition coefficient (Wildman–Crippen LogP) is 0.699. The SMILES string of the molecule is COCC(CN1CCC(=O)NC2(CCCCC2)C1=O)OC. The minimum Gasteiger partial charge on any atom is -0.382 e. The number of nitrogens with one attached hydrogen (secondary N) is 1. The molecule has 0 aromatic rings. The second-order valence-corrected chi connectivity index (χ2v) is 6.01. The highest BCUT2D eigenvalue weighted by Gasteiger charge is 2.45. The zero-order valence-corrected chi connectivity index (χ0v) is 13.0. The van der Waals surface area contributed by atoms with Crippen molar-refractivity contribution >= 4 is 11.8 Å². The molecule has 2 aliphatic rings. The van der Waals surface area contributed by atoms with Crippen LogP contribution in [0.1, 0.15) is 38.5 Å². The summed E-state index contributed by atoms with van der Waals surface area (Å²) in [4.78, 5) is 26.7. The molecule has 1 spiro atoms. The van der Waals surface area contributed by atoms with E-state index in [9.17, 15) is 9.59 Å². The van der Waals surface area contributed by atoms with Crippen molar-refractivity contribution in [1.82, 2.24) is 10.2 Å². The number of hydrogen-bond donors (Lipinski definition) is 1. The topological polar surface area (TPSA) is 67.9 Å². The van der Waals surface area contributed by atoms with Crippen molar-refractivity contribution in [2.24, 2.45) is 0 Å². The number of ether oxygens (including phenoxy) is 2. The van der Waals surface area contributed by atoms with Crippen LogP contribution in [0.3, 0.4) is 0 Å². The number of carbonyl (C=O) groups is 2. The molecule has 6 nitrogen and oxygen atoms in total. The van der Waals surface area contributed by atoms with E-state index < -0.39 is 5.54 Å². The first-order valence-corrected chi connectivity index (χ1v) is 7.73. The highest BCUT2D eigenvalue weighted by Crippen LogP contribution is 2.31. The van der Waals surface area contributed by atoms with Gasteiger partial charge in [-0.3, -0.25) is 9.59 Å². The molecule has 0 radical (unpaired) electrons. The van der Waals surface area contributed by atoms with Crippen LogP contribution in [0.2, 0.25) is 0 Å². The van der Waals surface area contributed by atoms with Gasteiger partial charge in [0.2, 0.25) is 11.8 Å². The summed E-state index contributed by atoms with van der Waals surface area (Å²) in [6.45, 7) is 1.37. The van der Waals surface area contributed by atoms with Crippen LogP contribution in [-0.2, 0) is 19.1 Å². The van der Waals surface area contributed by atoms with Gasteiger partial charge in [0.15, 0.2) is 0 Å². The van der Waals surface area contributed by atoms with Crippen molar-refractivity contribution in [3.8, 4) is 0 Å². The molecule has 120 valence electrons. The average Bonchev–Trinajstić information content (AvgIpc) is 2.59. The van der Waals surface area contributed by atoms with Gasteiger partial charge >= 0.3 is 0 Å². The van der Waals surface area contributed by atoms with E-state index >= 15 is 0 Å². The average molecular weight is 298 g/mol. The van der Waals surface area contributed by atoms with E-state index in [-0.39, 0.29) is 17.9 Å². The normalized spacial score (nSPS) is 23.8. The van der Waals surface area contributed by atoms with Crippen LogP contribution in [0.15, 0.2) is 0 Å². The Balaban J connectivity index is 2.13. The number of rotatable bonds is 5. The van der Waals surface area contributed by atoms with Gasteiger partial charge in [0.25, 0.3) is 0 Å². The van der Waals surface area contributed by atoms with Crippen molar-refractivity contribution in [2.45, 2.75) is 50.2 Å². The van der Waals surface area contributed by atoms with Crippen LogP contribution in [0, 0.1) is 0 Å². The number of methoxy groups -OCH3 is 2. The Morgan fingerprint density at radius 1 is 1.24 bits per heavy atom. The van der Waals surface area contributed by atoms with E-state index in [0.717, 1.165) is 32.1 Å². The minimum absolute atomic E-state index is 0.0199. The van der Waals surface area contributed by atoms with Gasteiger partial charge in [0.05, 0.1) is 12.7 Å². The molecular weight excluding hydrogens is 272 g/mol. The molecule has 1 aliphatic carbocycles. The maximum absolute atomic E-state index is 12.9. The van der Waals surface area contributed by atoms with Crippen LogP contribution in [0.4, 0.5) is 0 Å². The summed E-state index contributed by atoms with van der Waals surface area (Å²) in [7, 11) is 3.23. The van der Waals surface area contributed by atoms with E-state index in [2.05, 4.69) is 5.32 Å². The Hall–Kier alpha value is -1.14. The van der Waals surface area contributed by atoms with Crippen molar-refractivity contribution < 1.29 is 19.1 Å². The van der Waals surface area contributed by atoms with Crippen molar-refractivity contribution in [3.05, 3.63) is 0 Å². The van der Waals surface area contributed by atoms with Crippen LogP contribution < -0.4 is 5.32 Å². The molecule has 1 saturated carbocycles. The van der Waals surface area contributed by atoms with Gasteiger partial charge in [0, 0.05) is 33.7 Å². The summed E-state index contributed by atoms with van der Waals surface area (Å²) in [5.41, 5.74) is -0.683. The molecular formula is C15H26N2O4. The maximum Gasteiger partial charge on any atom is 0.248 e. The molecule has 1 atom stereocenters. The summed E-state index contributed by atoms with van der Waals surface area (Å²) in [5, 5.41) is 3.00. The van der Waals surface area contributed by atoms with Crippen LogP contribution in [-0.4, -0.2) is 62.3 Å².